The lowest BCUT2D eigenvalue weighted by molar-refractivity contribution is -0.384. The topological polar surface area (TPSA) is 125 Å². The predicted octanol–water partition coefficient (Wildman–Crippen LogP) is 2.70. The summed E-state index contributed by atoms with van der Waals surface area (Å²) >= 11 is 6.06. The van der Waals surface area contributed by atoms with Crippen LogP contribution < -0.4 is 0 Å². The van der Waals surface area contributed by atoms with Gasteiger partial charge in [0.2, 0.25) is 5.89 Å². The van der Waals surface area contributed by atoms with Crippen molar-refractivity contribution in [3.63, 3.8) is 0 Å². The van der Waals surface area contributed by atoms with Gasteiger partial charge in [-0.15, -0.1) is 0 Å². The Balaban J connectivity index is 2.24. The Bertz CT molecular complexity index is 868. The van der Waals surface area contributed by atoms with Gasteiger partial charge in [0.1, 0.15) is 6.26 Å². The van der Waals surface area contributed by atoms with Crippen molar-refractivity contribution in [1.29, 1.82) is 0 Å². The largest absolute Gasteiger partial charge is 0.464 e. The minimum atomic E-state index is -0.661. The number of carbonyl (C=O) groups is 2. The van der Waals surface area contributed by atoms with Crippen LogP contribution in [-0.2, 0) is 16.0 Å². The Morgan fingerprint density at radius 1 is 1.36 bits per heavy atom. The molecule has 1 amide bonds. The number of nitro groups is 1. The molecule has 1 aromatic carbocycles. The number of nitro benzene ring substituents is 1. The molecule has 0 saturated heterocycles. The molecule has 0 aliphatic rings. The van der Waals surface area contributed by atoms with E-state index in [9.17, 15) is 19.7 Å². The van der Waals surface area contributed by atoms with Crippen molar-refractivity contribution in [3.8, 4) is 0 Å². The quantitative estimate of drug-likeness (QED) is 0.267. The number of nitrogens with zero attached hydrogens (tertiary/aromatic N) is 3. The number of carbonyl (C=O) groups excluding carboxylic acids is 2. The number of halogens is 1. The Hall–Kier alpha value is -2.98. The molecule has 0 saturated carbocycles. The second-order valence-corrected chi connectivity index (χ2v) is 6.02. The Labute approximate surface area is 165 Å². The van der Waals surface area contributed by atoms with E-state index in [1.807, 2.05) is 0 Å². The van der Waals surface area contributed by atoms with E-state index in [-0.39, 0.29) is 40.9 Å². The van der Waals surface area contributed by atoms with E-state index in [0.717, 1.165) is 12.3 Å². The summed E-state index contributed by atoms with van der Waals surface area (Å²) in [7, 11) is 2.75. The van der Waals surface area contributed by atoms with Crippen molar-refractivity contribution in [3.05, 3.63) is 56.7 Å². The molecular weight excluding hydrogens is 394 g/mol. The fraction of sp³-hybridized carbons (Fsp3) is 0.353. The van der Waals surface area contributed by atoms with Crippen molar-refractivity contribution in [2.75, 3.05) is 27.4 Å². The molecule has 0 aliphatic heterocycles. The molecular formula is C17H18ClN3O7. The summed E-state index contributed by atoms with van der Waals surface area (Å²) in [5, 5.41) is 10.8. The molecule has 28 heavy (non-hydrogen) atoms. The highest BCUT2D eigenvalue weighted by molar-refractivity contribution is 6.34. The molecule has 0 radical (unpaired) electrons. The van der Waals surface area contributed by atoms with Crippen LogP contribution in [0.2, 0.25) is 5.02 Å². The molecule has 0 aliphatic carbocycles. The molecule has 1 heterocycles. The predicted molar refractivity (Wildman–Crippen MR) is 97.2 cm³/mol. The summed E-state index contributed by atoms with van der Waals surface area (Å²) in [5.41, 5.74) is -0.137. The van der Waals surface area contributed by atoms with E-state index in [0.29, 0.717) is 13.0 Å². The average Bonchev–Trinajstić information content (AvgIpc) is 3.14. The number of hydrogen-bond donors (Lipinski definition) is 0. The van der Waals surface area contributed by atoms with Crippen LogP contribution in [0.5, 0.6) is 0 Å². The molecule has 0 atom stereocenters. The van der Waals surface area contributed by atoms with Gasteiger partial charge in [0, 0.05) is 32.4 Å². The molecule has 0 fully saturated rings. The molecule has 0 bridgehead atoms. The lowest BCUT2D eigenvalue weighted by atomic mass is 10.1. The number of non-ortho nitro benzene ring substituents is 1. The number of methoxy groups -OCH3 is 2. The highest BCUT2D eigenvalue weighted by Crippen LogP contribution is 2.24. The number of benzene rings is 1. The van der Waals surface area contributed by atoms with E-state index >= 15 is 0 Å². The second-order valence-electron chi connectivity index (χ2n) is 5.61. The maximum absolute atomic E-state index is 12.9. The van der Waals surface area contributed by atoms with Crippen molar-refractivity contribution >= 4 is 29.2 Å². The van der Waals surface area contributed by atoms with Crippen LogP contribution in [0.25, 0.3) is 0 Å². The summed E-state index contributed by atoms with van der Waals surface area (Å²) in [6.45, 7) is 0.666. The van der Waals surface area contributed by atoms with Gasteiger partial charge in [-0.3, -0.25) is 14.9 Å². The number of oxazole rings is 1. The summed E-state index contributed by atoms with van der Waals surface area (Å²) in [6.07, 6.45) is 1.66. The fourth-order valence-corrected chi connectivity index (χ4v) is 2.61. The molecule has 0 spiro atoms. The van der Waals surface area contributed by atoms with Gasteiger partial charge in [0.25, 0.3) is 11.6 Å². The highest BCUT2D eigenvalue weighted by atomic mass is 35.5. The van der Waals surface area contributed by atoms with E-state index in [1.54, 1.807) is 0 Å². The first kappa shape index (κ1) is 21.3. The minimum Gasteiger partial charge on any atom is -0.464 e. The lowest BCUT2D eigenvalue weighted by Gasteiger charge is -2.21. The van der Waals surface area contributed by atoms with Gasteiger partial charge >= 0.3 is 5.97 Å². The third-order valence-electron chi connectivity index (χ3n) is 3.73. The molecule has 2 rings (SSSR count). The number of hydrogen-bond acceptors (Lipinski definition) is 8. The Morgan fingerprint density at radius 2 is 2.11 bits per heavy atom. The Morgan fingerprint density at radius 3 is 2.71 bits per heavy atom. The van der Waals surface area contributed by atoms with Crippen molar-refractivity contribution in [2.24, 2.45) is 0 Å². The maximum atomic E-state index is 12.9. The molecule has 2 aromatic rings. The van der Waals surface area contributed by atoms with Crippen LogP contribution in [0, 0.1) is 10.1 Å². The number of rotatable bonds is 9. The summed E-state index contributed by atoms with van der Waals surface area (Å²) < 4.78 is 14.8. The van der Waals surface area contributed by atoms with Crippen LogP contribution in [0.15, 0.2) is 28.9 Å². The maximum Gasteiger partial charge on any atom is 0.360 e. The van der Waals surface area contributed by atoms with Gasteiger partial charge in [-0.2, -0.15) is 0 Å². The van der Waals surface area contributed by atoms with Gasteiger partial charge in [-0.1, -0.05) is 11.6 Å². The van der Waals surface area contributed by atoms with Crippen molar-refractivity contribution in [2.45, 2.75) is 13.0 Å². The first-order chi connectivity index (χ1) is 13.4. The standard InChI is InChI=1S/C17H18ClN3O7/c1-26-7-3-6-20(9-15-19-14(10-28-15)17(23)27-2)16(22)12-5-4-11(21(24)25)8-13(12)18/h4-5,8,10H,3,6-7,9H2,1-2H3. The van der Waals surface area contributed by atoms with Crippen LogP contribution in [0.1, 0.15) is 33.2 Å². The first-order valence-corrected chi connectivity index (χ1v) is 8.50. The molecule has 150 valence electrons. The average molecular weight is 412 g/mol. The fourth-order valence-electron chi connectivity index (χ4n) is 2.36. The van der Waals surface area contributed by atoms with Gasteiger partial charge in [-0.25, -0.2) is 9.78 Å². The summed E-state index contributed by atoms with van der Waals surface area (Å²) in [6, 6.07) is 3.61. The SMILES string of the molecule is COCCCN(Cc1nc(C(=O)OC)co1)C(=O)c1ccc([N+](=O)[O-])cc1Cl. The van der Waals surface area contributed by atoms with Crippen LogP contribution >= 0.6 is 11.6 Å². The molecule has 10 nitrogen and oxygen atoms in total. The number of ether oxygens (including phenoxy) is 2. The molecule has 11 heteroatoms. The number of amides is 1. The second kappa shape index (κ2) is 9.81. The van der Waals surface area contributed by atoms with Gasteiger partial charge < -0.3 is 18.8 Å². The monoisotopic (exact) mass is 411 g/mol. The first-order valence-electron chi connectivity index (χ1n) is 8.12. The van der Waals surface area contributed by atoms with Gasteiger partial charge in [0.05, 0.1) is 29.2 Å². The normalized spacial score (nSPS) is 10.5. The third-order valence-corrected chi connectivity index (χ3v) is 4.04. The van der Waals surface area contributed by atoms with E-state index in [2.05, 4.69) is 9.72 Å². The zero-order valence-corrected chi connectivity index (χ0v) is 16.0. The zero-order chi connectivity index (χ0) is 20.7. The van der Waals surface area contributed by atoms with E-state index in [4.69, 9.17) is 20.8 Å². The molecule has 0 N–H and O–H groups in total. The minimum absolute atomic E-state index is 0.0184. The summed E-state index contributed by atoms with van der Waals surface area (Å²) in [4.78, 5) is 40.1. The van der Waals surface area contributed by atoms with Gasteiger partial charge in [-0.05, 0) is 12.5 Å². The van der Waals surface area contributed by atoms with Crippen LogP contribution in [-0.4, -0.2) is 54.1 Å². The van der Waals surface area contributed by atoms with E-state index < -0.39 is 16.8 Å². The third kappa shape index (κ3) is 5.27. The van der Waals surface area contributed by atoms with Crippen LogP contribution in [0.3, 0.4) is 0 Å². The lowest BCUT2D eigenvalue weighted by Crippen LogP contribution is -2.32. The van der Waals surface area contributed by atoms with Crippen molar-refractivity contribution in [1.82, 2.24) is 9.88 Å². The van der Waals surface area contributed by atoms with Crippen molar-refractivity contribution < 1.29 is 28.4 Å². The number of aromatic nitrogens is 1. The zero-order valence-electron chi connectivity index (χ0n) is 15.2. The number of esters is 1. The summed E-state index contributed by atoms with van der Waals surface area (Å²) in [5.74, 6) is -0.997. The smallest absolute Gasteiger partial charge is 0.360 e. The molecule has 1 aromatic heterocycles. The van der Waals surface area contributed by atoms with Crippen LogP contribution in [0.4, 0.5) is 5.69 Å². The van der Waals surface area contributed by atoms with E-state index in [1.165, 1.54) is 31.3 Å². The highest BCUT2D eigenvalue weighted by Gasteiger charge is 2.23. The molecule has 0 unspecified atom stereocenters. The Kier molecular flexibility index (Phi) is 7.47. The van der Waals surface area contributed by atoms with Gasteiger partial charge in [0.15, 0.2) is 5.69 Å².